The van der Waals surface area contributed by atoms with E-state index in [1.807, 2.05) is 0 Å². The summed E-state index contributed by atoms with van der Waals surface area (Å²) in [5.74, 6) is 0. The van der Waals surface area contributed by atoms with E-state index in [0.717, 1.165) is 19.6 Å². The van der Waals surface area contributed by atoms with Crippen molar-refractivity contribution in [2.45, 2.75) is 40.3 Å². The molecule has 2 nitrogen and oxygen atoms in total. The molecule has 0 amide bonds. The summed E-state index contributed by atoms with van der Waals surface area (Å²) in [5, 5.41) is 3.51. The SMILES string of the molecule is Cc1cccc(CNCCN(C)C(C)C)c1C. The first kappa shape index (κ1) is 14.2. The minimum Gasteiger partial charge on any atom is -0.311 e. The third-order valence-electron chi connectivity index (χ3n) is 3.56. The van der Waals surface area contributed by atoms with E-state index in [1.54, 1.807) is 0 Å². The van der Waals surface area contributed by atoms with Gasteiger partial charge in [-0.2, -0.15) is 0 Å². The maximum atomic E-state index is 3.51. The smallest absolute Gasteiger partial charge is 0.0208 e. The van der Waals surface area contributed by atoms with E-state index in [0.29, 0.717) is 6.04 Å². The molecule has 1 aromatic carbocycles. The lowest BCUT2D eigenvalue weighted by atomic mass is 10.0. The lowest BCUT2D eigenvalue weighted by molar-refractivity contribution is 0.273. The molecule has 1 N–H and O–H groups in total. The topological polar surface area (TPSA) is 15.3 Å². The lowest BCUT2D eigenvalue weighted by Gasteiger charge is -2.21. The van der Waals surface area contributed by atoms with Gasteiger partial charge in [0.05, 0.1) is 0 Å². The number of benzene rings is 1. The van der Waals surface area contributed by atoms with E-state index >= 15 is 0 Å². The van der Waals surface area contributed by atoms with Crippen molar-refractivity contribution in [1.29, 1.82) is 0 Å². The van der Waals surface area contributed by atoms with E-state index < -0.39 is 0 Å². The Labute approximate surface area is 106 Å². The van der Waals surface area contributed by atoms with Crippen molar-refractivity contribution >= 4 is 0 Å². The highest BCUT2D eigenvalue weighted by Gasteiger charge is 2.03. The van der Waals surface area contributed by atoms with Gasteiger partial charge in [0, 0.05) is 25.7 Å². The van der Waals surface area contributed by atoms with Gasteiger partial charge in [-0.05, 0) is 51.4 Å². The lowest BCUT2D eigenvalue weighted by Crippen LogP contribution is -2.33. The molecular weight excluding hydrogens is 208 g/mol. The highest BCUT2D eigenvalue weighted by molar-refractivity contribution is 5.32. The highest BCUT2D eigenvalue weighted by Crippen LogP contribution is 2.11. The molecule has 0 aromatic heterocycles. The van der Waals surface area contributed by atoms with Gasteiger partial charge in [0.1, 0.15) is 0 Å². The third-order valence-corrected chi connectivity index (χ3v) is 3.56. The Kier molecular flexibility index (Phi) is 5.66. The van der Waals surface area contributed by atoms with Crippen molar-refractivity contribution in [3.63, 3.8) is 0 Å². The predicted molar refractivity (Wildman–Crippen MR) is 75.4 cm³/mol. The Bertz CT molecular complexity index is 345. The first-order valence-corrected chi connectivity index (χ1v) is 6.48. The second kappa shape index (κ2) is 6.77. The zero-order valence-electron chi connectivity index (χ0n) is 11.9. The van der Waals surface area contributed by atoms with E-state index in [4.69, 9.17) is 0 Å². The molecule has 0 saturated carbocycles. The van der Waals surface area contributed by atoms with Gasteiger partial charge in [-0.3, -0.25) is 0 Å². The van der Waals surface area contributed by atoms with E-state index in [2.05, 4.69) is 63.2 Å². The standard InChI is InChI=1S/C15H26N2/c1-12(2)17(5)10-9-16-11-15-8-6-7-13(3)14(15)4/h6-8,12,16H,9-11H2,1-5H3. The van der Waals surface area contributed by atoms with Gasteiger partial charge in [-0.25, -0.2) is 0 Å². The largest absolute Gasteiger partial charge is 0.311 e. The van der Waals surface area contributed by atoms with Gasteiger partial charge in [-0.1, -0.05) is 18.2 Å². The zero-order chi connectivity index (χ0) is 12.8. The average Bonchev–Trinajstić information content (AvgIpc) is 2.29. The summed E-state index contributed by atoms with van der Waals surface area (Å²) >= 11 is 0. The molecule has 0 atom stereocenters. The molecule has 0 aliphatic carbocycles. The Morgan fingerprint density at radius 2 is 1.94 bits per heavy atom. The van der Waals surface area contributed by atoms with Crippen LogP contribution in [0.2, 0.25) is 0 Å². The van der Waals surface area contributed by atoms with Crippen LogP contribution in [0, 0.1) is 13.8 Å². The summed E-state index contributed by atoms with van der Waals surface area (Å²) in [5.41, 5.74) is 4.21. The number of hydrogen-bond donors (Lipinski definition) is 1. The van der Waals surface area contributed by atoms with Crippen molar-refractivity contribution in [2.75, 3.05) is 20.1 Å². The average molecular weight is 234 g/mol. The summed E-state index contributed by atoms with van der Waals surface area (Å²) in [7, 11) is 2.17. The van der Waals surface area contributed by atoms with Crippen LogP contribution in [0.15, 0.2) is 18.2 Å². The van der Waals surface area contributed by atoms with E-state index in [9.17, 15) is 0 Å². The molecule has 0 aliphatic rings. The van der Waals surface area contributed by atoms with Gasteiger partial charge in [-0.15, -0.1) is 0 Å². The molecule has 2 heteroatoms. The summed E-state index contributed by atoms with van der Waals surface area (Å²) in [4.78, 5) is 2.36. The number of likely N-dealkylation sites (N-methyl/N-ethyl adjacent to an activating group) is 1. The van der Waals surface area contributed by atoms with Crippen molar-refractivity contribution in [3.8, 4) is 0 Å². The molecule has 96 valence electrons. The molecule has 1 rings (SSSR count). The molecule has 0 saturated heterocycles. The van der Waals surface area contributed by atoms with Gasteiger partial charge in [0.25, 0.3) is 0 Å². The van der Waals surface area contributed by atoms with Crippen LogP contribution in [0.5, 0.6) is 0 Å². The summed E-state index contributed by atoms with van der Waals surface area (Å²) in [6, 6.07) is 7.14. The minimum atomic E-state index is 0.623. The van der Waals surface area contributed by atoms with Crippen molar-refractivity contribution in [1.82, 2.24) is 10.2 Å². The minimum absolute atomic E-state index is 0.623. The maximum absolute atomic E-state index is 3.51. The summed E-state index contributed by atoms with van der Waals surface area (Å²) in [6.07, 6.45) is 0. The molecule has 0 aliphatic heterocycles. The molecule has 1 aromatic rings. The van der Waals surface area contributed by atoms with E-state index in [-0.39, 0.29) is 0 Å². The Hall–Kier alpha value is -0.860. The predicted octanol–water partition coefficient (Wildman–Crippen LogP) is 2.73. The fourth-order valence-corrected chi connectivity index (χ4v) is 1.74. The zero-order valence-corrected chi connectivity index (χ0v) is 11.9. The molecular formula is C15H26N2. The first-order chi connectivity index (χ1) is 8.02. The fourth-order valence-electron chi connectivity index (χ4n) is 1.74. The van der Waals surface area contributed by atoms with Crippen molar-refractivity contribution in [3.05, 3.63) is 34.9 Å². The molecule has 0 unspecified atom stereocenters. The first-order valence-electron chi connectivity index (χ1n) is 6.48. The fraction of sp³-hybridized carbons (Fsp3) is 0.600. The summed E-state index contributed by atoms with van der Waals surface area (Å²) in [6.45, 7) is 11.9. The molecule has 0 bridgehead atoms. The van der Waals surface area contributed by atoms with Gasteiger partial charge >= 0.3 is 0 Å². The molecule has 0 fully saturated rings. The van der Waals surface area contributed by atoms with Crippen molar-refractivity contribution < 1.29 is 0 Å². The van der Waals surface area contributed by atoms with E-state index in [1.165, 1.54) is 16.7 Å². The van der Waals surface area contributed by atoms with Crippen LogP contribution in [-0.2, 0) is 6.54 Å². The quantitative estimate of drug-likeness (QED) is 0.761. The van der Waals surface area contributed by atoms with Crippen LogP contribution in [0.4, 0.5) is 0 Å². The van der Waals surface area contributed by atoms with Crippen LogP contribution in [0.25, 0.3) is 0 Å². The summed E-state index contributed by atoms with van der Waals surface area (Å²) < 4.78 is 0. The van der Waals surface area contributed by atoms with Crippen LogP contribution in [-0.4, -0.2) is 31.1 Å². The Morgan fingerprint density at radius 3 is 2.59 bits per heavy atom. The van der Waals surface area contributed by atoms with Gasteiger partial charge in [0.15, 0.2) is 0 Å². The van der Waals surface area contributed by atoms with Gasteiger partial charge in [0.2, 0.25) is 0 Å². The van der Waals surface area contributed by atoms with Gasteiger partial charge < -0.3 is 10.2 Å². The Balaban J connectivity index is 2.34. The molecule has 0 heterocycles. The number of nitrogens with zero attached hydrogens (tertiary/aromatic N) is 1. The van der Waals surface area contributed by atoms with Crippen LogP contribution in [0.1, 0.15) is 30.5 Å². The normalized spacial score (nSPS) is 11.5. The molecule has 17 heavy (non-hydrogen) atoms. The monoisotopic (exact) mass is 234 g/mol. The maximum Gasteiger partial charge on any atom is 0.0208 e. The van der Waals surface area contributed by atoms with Crippen LogP contribution < -0.4 is 5.32 Å². The van der Waals surface area contributed by atoms with Crippen LogP contribution in [0.3, 0.4) is 0 Å². The highest BCUT2D eigenvalue weighted by atomic mass is 15.1. The molecule has 0 radical (unpaired) electrons. The Morgan fingerprint density at radius 1 is 1.24 bits per heavy atom. The van der Waals surface area contributed by atoms with Crippen molar-refractivity contribution in [2.24, 2.45) is 0 Å². The van der Waals surface area contributed by atoms with Crippen LogP contribution >= 0.6 is 0 Å². The second-order valence-electron chi connectivity index (χ2n) is 5.11. The number of aryl methyl sites for hydroxylation is 1. The number of hydrogen-bond acceptors (Lipinski definition) is 2. The molecule has 0 spiro atoms. The number of nitrogens with one attached hydrogen (secondary N) is 1. The second-order valence-corrected chi connectivity index (χ2v) is 5.11. The number of rotatable bonds is 6. The third kappa shape index (κ3) is 4.49.